The van der Waals surface area contributed by atoms with E-state index < -0.39 is 0 Å². The van der Waals surface area contributed by atoms with Crippen molar-refractivity contribution in [3.05, 3.63) is 58.1 Å². The Hall–Kier alpha value is -1.56. The zero-order valence-corrected chi connectivity index (χ0v) is 19.0. The topological polar surface area (TPSA) is 0 Å². The second-order valence-corrected chi connectivity index (χ2v) is 9.23. The first-order valence-electron chi connectivity index (χ1n) is 11.8. The summed E-state index contributed by atoms with van der Waals surface area (Å²) in [4.78, 5) is 0. The predicted octanol–water partition coefficient (Wildman–Crippen LogP) is 8.82. The number of hydrogen-bond acceptors (Lipinski definition) is 0. The monoisotopic (exact) mass is 376 g/mol. The Morgan fingerprint density at radius 2 is 1.18 bits per heavy atom. The van der Waals surface area contributed by atoms with Crippen molar-refractivity contribution in [2.75, 3.05) is 0 Å². The van der Waals surface area contributed by atoms with Crippen LogP contribution in [0.1, 0.15) is 106 Å². The molecule has 28 heavy (non-hydrogen) atoms. The van der Waals surface area contributed by atoms with Crippen LogP contribution in [0, 0.1) is 20.8 Å². The van der Waals surface area contributed by atoms with Crippen LogP contribution < -0.4 is 0 Å². The van der Waals surface area contributed by atoms with Crippen molar-refractivity contribution < 1.29 is 0 Å². The summed E-state index contributed by atoms with van der Waals surface area (Å²) in [6.45, 7) is 11.4. The summed E-state index contributed by atoms with van der Waals surface area (Å²) in [5.74, 6) is 0. The summed E-state index contributed by atoms with van der Waals surface area (Å²) in [6, 6.07) is 12.3. The maximum Gasteiger partial charge on any atom is 0.0215 e. The molecule has 2 aromatic rings. The summed E-state index contributed by atoms with van der Waals surface area (Å²) in [5, 5.41) is 0. The summed E-state index contributed by atoms with van der Waals surface area (Å²) < 4.78 is 0. The number of aryl methyl sites for hydroxylation is 3. The minimum atomic E-state index is 0.234. The van der Waals surface area contributed by atoms with E-state index in [1.165, 1.54) is 92.0 Å². The molecule has 3 rings (SSSR count). The fourth-order valence-corrected chi connectivity index (χ4v) is 5.25. The minimum Gasteiger partial charge on any atom is -0.0654 e. The van der Waals surface area contributed by atoms with Crippen molar-refractivity contribution in [1.82, 2.24) is 0 Å². The molecule has 0 fully saturated rings. The molecule has 152 valence electrons. The number of rotatable bonds is 10. The second kappa shape index (κ2) is 9.29. The SMILES string of the molecule is CCCCCCC1(CCCCCC)c2ccc(C)cc2-c2cc(C)c(C)cc21. The van der Waals surface area contributed by atoms with Crippen LogP contribution in [0.3, 0.4) is 0 Å². The van der Waals surface area contributed by atoms with E-state index in [2.05, 4.69) is 65.0 Å². The smallest absolute Gasteiger partial charge is 0.0215 e. The van der Waals surface area contributed by atoms with E-state index in [-0.39, 0.29) is 5.41 Å². The molecule has 0 saturated heterocycles. The third-order valence-electron chi connectivity index (χ3n) is 7.04. The number of hydrogen-bond donors (Lipinski definition) is 0. The van der Waals surface area contributed by atoms with Crippen LogP contribution in [-0.4, -0.2) is 0 Å². The van der Waals surface area contributed by atoms with Crippen molar-refractivity contribution in [3.8, 4) is 11.1 Å². The molecule has 0 unspecified atom stereocenters. The predicted molar refractivity (Wildman–Crippen MR) is 124 cm³/mol. The molecule has 0 atom stereocenters. The van der Waals surface area contributed by atoms with Gasteiger partial charge in [0.15, 0.2) is 0 Å². The fraction of sp³-hybridized carbons (Fsp3) is 0.571. The van der Waals surface area contributed by atoms with Crippen LogP contribution >= 0.6 is 0 Å². The Bertz CT molecular complexity index is 784. The molecule has 0 spiro atoms. The highest BCUT2D eigenvalue weighted by molar-refractivity contribution is 5.82. The van der Waals surface area contributed by atoms with Crippen molar-refractivity contribution in [3.63, 3.8) is 0 Å². The highest BCUT2D eigenvalue weighted by Gasteiger charge is 2.42. The van der Waals surface area contributed by atoms with Gasteiger partial charge in [0.25, 0.3) is 0 Å². The van der Waals surface area contributed by atoms with Crippen molar-refractivity contribution in [2.24, 2.45) is 0 Å². The molecule has 2 aromatic carbocycles. The number of benzene rings is 2. The Morgan fingerprint density at radius 1 is 0.607 bits per heavy atom. The summed E-state index contributed by atoms with van der Waals surface area (Å²) >= 11 is 0. The van der Waals surface area contributed by atoms with Gasteiger partial charge < -0.3 is 0 Å². The van der Waals surface area contributed by atoms with Gasteiger partial charge in [-0.3, -0.25) is 0 Å². The maximum atomic E-state index is 2.54. The average molecular weight is 377 g/mol. The quantitative estimate of drug-likeness (QED) is 0.363. The molecular weight excluding hydrogens is 336 g/mol. The van der Waals surface area contributed by atoms with E-state index in [9.17, 15) is 0 Å². The van der Waals surface area contributed by atoms with E-state index in [0.717, 1.165) is 0 Å². The van der Waals surface area contributed by atoms with Crippen LogP contribution in [0.15, 0.2) is 30.3 Å². The number of fused-ring (bicyclic) bond motifs is 3. The van der Waals surface area contributed by atoms with E-state index in [1.54, 1.807) is 11.1 Å². The lowest BCUT2D eigenvalue weighted by Crippen LogP contribution is -2.25. The van der Waals surface area contributed by atoms with Gasteiger partial charge in [0, 0.05) is 5.41 Å². The van der Waals surface area contributed by atoms with Crippen LogP contribution in [0.4, 0.5) is 0 Å². The lowest BCUT2D eigenvalue weighted by Gasteiger charge is -2.33. The molecule has 0 amide bonds. The number of unbranched alkanes of at least 4 members (excludes halogenated alkanes) is 6. The maximum absolute atomic E-state index is 2.54. The van der Waals surface area contributed by atoms with Gasteiger partial charge >= 0.3 is 0 Å². The Morgan fingerprint density at radius 3 is 1.79 bits per heavy atom. The van der Waals surface area contributed by atoms with Crippen molar-refractivity contribution >= 4 is 0 Å². The molecule has 1 aliphatic rings. The molecule has 0 bridgehead atoms. The van der Waals surface area contributed by atoms with Gasteiger partial charge in [-0.15, -0.1) is 0 Å². The largest absolute Gasteiger partial charge is 0.0654 e. The Balaban J connectivity index is 2.07. The molecule has 0 heteroatoms. The molecule has 0 heterocycles. The zero-order valence-electron chi connectivity index (χ0n) is 19.0. The van der Waals surface area contributed by atoms with Crippen LogP contribution in [0.5, 0.6) is 0 Å². The van der Waals surface area contributed by atoms with Gasteiger partial charge in [-0.2, -0.15) is 0 Å². The van der Waals surface area contributed by atoms with Gasteiger partial charge in [0.05, 0.1) is 0 Å². The van der Waals surface area contributed by atoms with E-state index >= 15 is 0 Å². The molecular formula is C28H40. The molecule has 0 radical (unpaired) electrons. The van der Waals surface area contributed by atoms with Crippen LogP contribution in [0.2, 0.25) is 0 Å². The lowest BCUT2D eigenvalue weighted by atomic mass is 9.70. The van der Waals surface area contributed by atoms with Crippen LogP contribution in [-0.2, 0) is 5.41 Å². The summed E-state index contributed by atoms with van der Waals surface area (Å²) in [7, 11) is 0. The normalized spacial score (nSPS) is 14.2. The Labute approximate surface area is 173 Å². The van der Waals surface area contributed by atoms with E-state index in [0.29, 0.717) is 0 Å². The third kappa shape index (κ3) is 4.07. The third-order valence-corrected chi connectivity index (χ3v) is 7.04. The first kappa shape index (κ1) is 21.2. The molecule has 0 N–H and O–H groups in total. The van der Waals surface area contributed by atoms with Gasteiger partial charge in [-0.05, 0) is 67.0 Å². The summed E-state index contributed by atoms with van der Waals surface area (Å²) in [5.41, 5.74) is 10.8. The first-order chi connectivity index (χ1) is 13.5. The zero-order chi connectivity index (χ0) is 20.1. The highest BCUT2D eigenvalue weighted by atomic mass is 14.4. The minimum absolute atomic E-state index is 0.234. The molecule has 0 aromatic heterocycles. The molecule has 0 nitrogen and oxygen atoms in total. The highest BCUT2D eigenvalue weighted by Crippen LogP contribution is 2.55. The van der Waals surface area contributed by atoms with Crippen LogP contribution in [0.25, 0.3) is 11.1 Å². The first-order valence-corrected chi connectivity index (χ1v) is 11.8. The standard InChI is InChI=1S/C28H40/c1-6-8-10-12-16-28(17-13-11-9-7-2)26-15-14-21(3)18-24(26)25-19-22(4)23(5)20-27(25)28/h14-15,18-20H,6-13,16-17H2,1-5H3. The molecule has 0 saturated carbocycles. The average Bonchev–Trinajstić information content (AvgIpc) is 2.92. The van der Waals surface area contributed by atoms with E-state index in [1.807, 2.05) is 0 Å². The lowest BCUT2D eigenvalue weighted by molar-refractivity contribution is 0.401. The van der Waals surface area contributed by atoms with Crippen molar-refractivity contribution in [1.29, 1.82) is 0 Å². The Kier molecular flexibility index (Phi) is 7.02. The molecule has 0 aliphatic heterocycles. The second-order valence-electron chi connectivity index (χ2n) is 9.23. The van der Waals surface area contributed by atoms with Gasteiger partial charge in [-0.1, -0.05) is 101 Å². The van der Waals surface area contributed by atoms with Gasteiger partial charge in [0.2, 0.25) is 0 Å². The van der Waals surface area contributed by atoms with Gasteiger partial charge in [0.1, 0.15) is 0 Å². The van der Waals surface area contributed by atoms with Crippen molar-refractivity contribution in [2.45, 2.75) is 104 Å². The summed E-state index contributed by atoms with van der Waals surface area (Å²) in [6.07, 6.45) is 13.4. The van der Waals surface area contributed by atoms with Gasteiger partial charge in [-0.25, -0.2) is 0 Å². The molecule has 1 aliphatic carbocycles. The van der Waals surface area contributed by atoms with E-state index in [4.69, 9.17) is 0 Å². The fourth-order valence-electron chi connectivity index (χ4n) is 5.25.